The van der Waals surface area contributed by atoms with Gasteiger partial charge in [0.25, 0.3) is 0 Å². The number of guanidine groups is 1. The van der Waals surface area contributed by atoms with Gasteiger partial charge in [0.1, 0.15) is 0 Å². The average Bonchev–Trinajstić information content (AvgIpc) is 3.15. The molecule has 2 heterocycles. The maximum Gasteiger partial charge on any atom is 0.191 e. The largest absolute Gasteiger partial charge is 0.379 e. The predicted octanol–water partition coefficient (Wildman–Crippen LogP) is 2.01. The van der Waals surface area contributed by atoms with E-state index in [1.165, 1.54) is 4.88 Å². The van der Waals surface area contributed by atoms with Gasteiger partial charge in [-0.2, -0.15) is 0 Å². The Morgan fingerprint density at radius 1 is 1.43 bits per heavy atom. The quantitative estimate of drug-likeness (QED) is 0.430. The smallest absolute Gasteiger partial charge is 0.191 e. The van der Waals surface area contributed by atoms with Crippen LogP contribution in [0.4, 0.5) is 0 Å². The zero-order valence-corrected chi connectivity index (χ0v) is 15.2. The van der Waals surface area contributed by atoms with Crippen LogP contribution in [0.25, 0.3) is 0 Å². The summed E-state index contributed by atoms with van der Waals surface area (Å²) < 4.78 is 11.2. The normalized spacial score (nSPS) is 18.4. The molecule has 0 aliphatic carbocycles. The number of hydrogen-bond acceptors (Lipinski definition) is 5. The molecule has 0 amide bonds. The van der Waals surface area contributed by atoms with Crippen LogP contribution in [0.15, 0.2) is 4.99 Å². The molecular weight excluding hydrogens is 312 g/mol. The molecule has 130 valence electrons. The van der Waals surface area contributed by atoms with Crippen molar-refractivity contribution in [3.63, 3.8) is 0 Å². The van der Waals surface area contributed by atoms with Crippen LogP contribution in [-0.2, 0) is 16.0 Å². The topological polar surface area (TPSA) is 67.8 Å². The summed E-state index contributed by atoms with van der Waals surface area (Å²) >= 11 is 1.73. The van der Waals surface area contributed by atoms with Crippen molar-refractivity contribution in [3.8, 4) is 0 Å². The molecule has 1 atom stereocenters. The van der Waals surface area contributed by atoms with E-state index < -0.39 is 0 Å². The molecule has 1 aliphatic rings. The van der Waals surface area contributed by atoms with E-state index in [1.54, 1.807) is 18.4 Å². The number of nitrogens with zero attached hydrogens (tertiary/aromatic N) is 2. The summed E-state index contributed by atoms with van der Waals surface area (Å²) in [5, 5.41) is 7.73. The fraction of sp³-hybridized carbons (Fsp3) is 0.750. The van der Waals surface area contributed by atoms with E-state index >= 15 is 0 Å². The van der Waals surface area contributed by atoms with Crippen LogP contribution in [0, 0.1) is 13.8 Å². The highest BCUT2D eigenvalue weighted by Gasteiger charge is 2.14. The van der Waals surface area contributed by atoms with Crippen LogP contribution in [0.3, 0.4) is 0 Å². The highest BCUT2D eigenvalue weighted by Crippen LogP contribution is 2.16. The van der Waals surface area contributed by atoms with Crippen LogP contribution in [0.5, 0.6) is 0 Å². The lowest BCUT2D eigenvalue weighted by atomic mass is 10.2. The van der Waals surface area contributed by atoms with Crippen LogP contribution in [0.2, 0.25) is 0 Å². The second-order valence-electron chi connectivity index (χ2n) is 5.66. The van der Waals surface area contributed by atoms with Crippen molar-refractivity contribution in [2.45, 2.75) is 45.8 Å². The molecule has 1 fully saturated rings. The molecule has 2 rings (SSSR count). The molecule has 0 spiro atoms. The highest BCUT2D eigenvalue weighted by atomic mass is 32.1. The standard InChI is InChI=1S/C16H28N4O2S/c1-12-15(23-13(2)20-12)10-19-16(17-3)18-7-5-8-21-11-14-6-4-9-22-14/h14H,4-11H2,1-3H3,(H2,17,18,19). The number of ether oxygens (including phenoxy) is 2. The Kier molecular flexibility index (Phi) is 7.78. The van der Waals surface area contributed by atoms with E-state index in [1.807, 2.05) is 13.8 Å². The van der Waals surface area contributed by atoms with Crippen molar-refractivity contribution in [2.24, 2.45) is 4.99 Å². The number of rotatable bonds is 8. The van der Waals surface area contributed by atoms with Crippen molar-refractivity contribution in [1.29, 1.82) is 0 Å². The Labute approximate surface area is 142 Å². The van der Waals surface area contributed by atoms with Gasteiger partial charge in [0, 0.05) is 31.7 Å². The van der Waals surface area contributed by atoms with Gasteiger partial charge >= 0.3 is 0 Å². The third-order valence-electron chi connectivity index (χ3n) is 3.73. The predicted molar refractivity (Wildman–Crippen MR) is 94.2 cm³/mol. The first-order chi connectivity index (χ1) is 11.2. The van der Waals surface area contributed by atoms with Gasteiger partial charge in [-0.25, -0.2) is 4.98 Å². The van der Waals surface area contributed by atoms with Crippen molar-refractivity contribution < 1.29 is 9.47 Å². The van der Waals surface area contributed by atoms with E-state index in [0.29, 0.717) is 6.10 Å². The molecule has 1 unspecified atom stereocenters. The average molecular weight is 340 g/mol. The summed E-state index contributed by atoms with van der Waals surface area (Å²) in [6.07, 6.45) is 3.55. The molecule has 1 aliphatic heterocycles. The number of aryl methyl sites for hydroxylation is 2. The summed E-state index contributed by atoms with van der Waals surface area (Å²) in [7, 11) is 1.79. The fourth-order valence-corrected chi connectivity index (χ4v) is 3.37. The third kappa shape index (κ3) is 6.45. The Balaban J connectivity index is 1.55. The minimum atomic E-state index is 0.309. The molecule has 1 aromatic heterocycles. The van der Waals surface area contributed by atoms with Crippen molar-refractivity contribution in [3.05, 3.63) is 15.6 Å². The van der Waals surface area contributed by atoms with Gasteiger partial charge in [-0.3, -0.25) is 4.99 Å². The van der Waals surface area contributed by atoms with Crippen LogP contribution in [-0.4, -0.2) is 50.5 Å². The summed E-state index contributed by atoms with van der Waals surface area (Å²) in [6, 6.07) is 0. The van der Waals surface area contributed by atoms with E-state index in [2.05, 4.69) is 20.6 Å². The first-order valence-electron chi connectivity index (χ1n) is 8.26. The maximum absolute atomic E-state index is 5.65. The van der Waals surface area contributed by atoms with Crippen molar-refractivity contribution >= 4 is 17.3 Å². The van der Waals surface area contributed by atoms with E-state index in [0.717, 1.165) is 68.8 Å². The second kappa shape index (κ2) is 9.85. The second-order valence-corrected chi connectivity index (χ2v) is 6.95. The van der Waals surface area contributed by atoms with Crippen LogP contribution in [0.1, 0.15) is 34.8 Å². The van der Waals surface area contributed by atoms with E-state index in [9.17, 15) is 0 Å². The van der Waals surface area contributed by atoms with Gasteiger partial charge in [0.15, 0.2) is 5.96 Å². The maximum atomic E-state index is 5.65. The number of hydrogen-bond donors (Lipinski definition) is 2. The van der Waals surface area contributed by atoms with Crippen LogP contribution >= 0.6 is 11.3 Å². The first kappa shape index (κ1) is 18.2. The lowest BCUT2D eigenvalue weighted by Gasteiger charge is -2.12. The Hall–Kier alpha value is -1.18. The Morgan fingerprint density at radius 2 is 2.30 bits per heavy atom. The SMILES string of the molecule is CN=C(NCCCOCC1CCCO1)NCc1sc(C)nc1C. The summed E-state index contributed by atoms with van der Waals surface area (Å²) in [5.41, 5.74) is 1.10. The molecule has 23 heavy (non-hydrogen) atoms. The fourth-order valence-electron chi connectivity index (χ4n) is 2.49. The lowest BCUT2D eigenvalue weighted by molar-refractivity contribution is 0.0168. The minimum absolute atomic E-state index is 0.309. The van der Waals surface area contributed by atoms with Gasteiger partial charge in [0.05, 0.1) is 30.0 Å². The van der Waals surface area contributed by atoms with Gasteiger partial charge in [-0.15, -0.1) is 11.3 Å². The van der Waals surface area contributed by atoms with Crippen molar-refractivity contribution in [1.82, 2.24) is 15.6 Å². The number of aromatic nitrogens is 1. The Morgan fingerprint density at radius 3 is 2.96 bits per heavy atom. The third-order valence-corrected chi connectivity index (χ3v) is 4.80. The molecule has 0 saturated carbocycles. The molecule has 7 heteroatoms. The zero-order valence-electron chi connectivity index (χ0n) is 14.4. The number of nitrogens with one attached hydrogen (secondary N) is 2. The monoisotopic (exact) mass is 340 g/mol. The van der Waals surface area contributed by atoms with Crippen molar-refractivity contribution in [2.75, 3.05) is 33.4 Å². The lowest BCUT2D eigenvalue weighted by Crippen LogP contribution is -2.37. The summed E-state index contributed by atoms with van der Waals surface area (Å²) in [6.45, 7) is 8.02. The molecule has 2 N–H and O–H groups in total. The van der Waals surface area contributed by atoms with Crippen LogP contribution < -0.4 is 10.6 Å². The molecule has 1 aromatic rings. The molecule has 0 radical (unpaired) electrons. The van der Waals surface area contributed by atoms with Gasteiger partial charge in [0.2, 0.25) is 0 Å². The molecular formula is C16H28N4O2S. The zero-order chi connectivity index (χ0) is 16.5. The summed E-state index contributed by atoms with van der Waals surface area (Å²) in [5.74, 6) is 0.814. The molecule has 6 nitrogen and oxygen atoms in total. The van der Waals surface area contributed by atoms with Gasteiger partial charge < -0.3 is 20.1 Å². The number of thiazole rings is 1. The van der Waals surface area contributed by atoms with Gasteiger partial charge in [-0.1, -0.05) is 0 Å². The molecule has 0 aromatic carbocycles. The molecule has 1 saturated heterocycles. The Bertz CT molecular complexity index is 498. The number of aliphatic imine (C=N–C) groups is 1. The summed E-state index contributed by atoms with van der Waals surface area (Å²) in [4.78, 5) is 9.93. The van der Waals surface area contributed by atoms with E-state index in [4.69, 9.17) is 9.47 Å². The van der Waals surface area contributed by atoms with E-state index in [-0.39, 0.29) is 0 Å². The minimum Gasteiger partial charge on any atom is -0.379 e. The van der Waals surface area contributed by atoms with Gasteiger partial charge in [-0.05, 0) is 33.1 Å². The molecule has 0 bridgehead atoms. The highest BCUT2D eigenvalue weighted by molar-refractivity contribution is 7.11. The first-order valence-corrected chi connectivity index (χ1v) is 9.07.